The number of ether oxygens (including phenoxy) is 1. The Hall–Kier alpha value is -2.85. The lowest BCUT2D eigenvalue weighted by atomic mass is 10.2. The second-order valence-corrected chi connectivity index (χ2v) is 10.2. The average molecular weight is 610 g/mol. The first-order chi connectivity index (χ1) is 17.2. The molecular weight excluding hydrogens is 594 g/mol. The van der Waals surface area contributed by atoms with Crippen LogP contribution >= 0.6 is 50.9 Å². The second-order valence-electron chi connectivity index (χ2n) is 7.49. The van der Waals surface area contributed by atoms with Crippen molar-refractivity contribution in [2.75, 3.05) is 11.9 Å². The highest BCUT2D eigenvalue weighted by atomic mass is 79.9. The molecule has 0 unspecified atom stereocenters. The van der Waals surface area contributed by atoms with E-state index in [1.54, 1.807) is 54.6 Å². The van der Waals surface area contributed by atoms with Crippen LogP contribution in [0.1, 0.15) is 11.1 Å². The van der Waals surface area contributed by atoms with E-state index in [2.05, 4.69) is 21.2 Å². The van der Waals surface area contributed by atoms with Crippen molar-refractivity contribution in [2.45, 2.75) is 6.61 Å². The van der Waals surface area contributed by atoms with Gasteiger partial charge in [0.05, 0.1) is 25.1 Å². The van der Waals surface area contributed by atoms with E-state index in [-0.39, 0.29) is 16.5 Å². The fourth-order valence-corrected chi connectivity index (χ4v) is 5.26. The number of benzene rings is 3. The van der Waals surface area contributed by atoms with Crippen molar-refractivity contribution in [3.63, 3.8) is 0 Å². The van der Waals surface area contributed by atoms with Crippen molar-refractivity contribution >= 4 is 79.7 Å². The maximum absolute atomic E-state index is 13.9. The molecule has 6 nitrogen and oxygen atoms in total. The molecule has 1 aliphatic rings. The quantitative estimate of drug-likeness (QED) is 0.288. The summed E-state index contributed by atoms with van der Waals surface area (Å²) >= 11 is 16.5. The Bertz CT molecular complexity index is 1380. The van der Waals surface area contributed by atoms with Crippen molar-refractivity contribution in [1.82, 2.24) is 4.90 Å². The number of anilines is 1. The van der Waals surface area contributed by atoms with Crippen molar-refractivity contribution < 1.29 is 23.5 Å². The van der Waals surface area contributed by atoms with Gasteiger partial charge in [-0.2, -0.15) is 0 Å². The number of imide groups is 1. The number of nitrogens with one attached hydrogen (secondary N) is 1. The van der Waals surface area contributed by atoms with Crippen LogP contribution in [-0.2, 0) is 16.2 Å². The van der Waals surface area contributed by atoms with Gasteiger partial charge in [-0.3, -0.25) is 19.3 Å². The van der Waals surface area contributed by atoms with E-state index in [0.29, 0.717) is 43.8 Å². The molecular formula is C25H16BrCl2FN2O4S. The second kappa shape index (κ2) is 11.5. The molecule has 0 radical (unpaired) electrons. The Morgan fingerprint density at radius 2 is 1.81 bits per heavy atom. The minimum absolute atomic E-state index is 0.0283. The molecule has 0 bridgehead atoms. The van der Waals surface area contributed by atoms with Crippen LogP contribution in [-0.4, -0.2) is 28.5 Å². The van der Waals surface area contributed by atoms with Crippen molar-refractivity contribution in [3.05, 3.63) is 97.0 Å². The number of carbonyl (C=O) groups excluding carboxylic acids is 3. The van der Waals surface area contributed by atoms with Gasteiger partial charge in [0.15, 0.2) is 5.75 Å². The normalized spacial score (nSPS) is 14.4. The molecule has 4 rings (SSSR count). The Morgan fingerprint density at radius 1 is 1.08 bits per heavy atom. The van der Waals surface area contributed by atoms with E-state index < -0.39 is 29.4 Å². The van der Waals surface area contributed by atoms with E-state index in [1.165, 1.54) is 12.1 Å². The van der Waals surface area contributed by atoms with Gasteiger partial charge in [0, 0.05) is 5.56 Å². The molecule has 3 aromatic carbocycles. The third kappa shape index (κ3) is 6.10. The largest absolute Gasteiger partial charge is 0.486 e. The molecule has 3 aromatic rings. The smallest absolute Gasteiger partial charge is 0.294 e. The standard InChI is InChI=1S/C25H16BrCl2FN2O4S/c26-16-9-14(10-18(28)23(16)35-13-15-5-1-3-7-19(15)29)11-21-24(33)31(25(34)36-21)12-22(32)30-20-8-4-2-6-17(20)27/h1-11H,12-13H2,(H,30,32)/b21-11+. The Morgan fingerprint density at radius 3 is 2.53 bits per heavy atom. The zero-order chi connectivity index (χ0) is 25.8. The minimum atomic E-state index is -0.605. The van der Waals surface area contributed by atoms with Gasteiger partial charge in [-0.25, -0.2) is 4.39 Å². The van der Waals surface area contributed by atoms with Gasteiger partial charge in [-0.15, -0.1) is 0 Å². The van der Waals surface area contributed by atoms with Crippen molar-refractivity contribution in [2.24, 2.45) is 0 Å². The maximum Gasteiger partial charge on any atom is 0.294 e. The molecule has 0 aromatic heterocycles. The predicted molar refractivity (Wildman–Crippen MR) is 143 cm³/mol. The van der Waals surface area contributed by atoms with Crippen LogP contribution in [0.5, 0.6) is 5.75 Å². The number of hydrogen-bond acceptors (Lipinski definition) is 5. The lowest BCUT2D eigenvalue weighted by molar-refractivity contribution is -0.127. The predicted octanol–water partition coefficient (Wildman–Crippen LogP) is 7.15. The van der Waals surface area contributed by atoms with Gasteiger partial charge >= 0.3 is 0 Å². The molecule has 11 heteroatoms. The molecule has 36 heavy (non-hydrogen) atoms. The zero-order valence-corrected chi connectivity index (χ0v) is 22.2. The van der Waals surface area contributed by atoms with Crippen LogP contribution in [0.2, 0.25) is 10.0 Å². The highest BCUT2D eigenvalue weighted by molar-refractivity contribution is 9.10. The Balaban J connectivity index is 1.45. The SMILES string of the molecule is O=C(CN1C(=O)S/C(=C/c2cc(Cl)c(OCc3ccccc3F)c(Br)c2)C1=O)Nc1ccccc1Cl. The minimum Gasteiger partial charge on any atom is -0.486 e. The summed E-state index contributed by atoms with van der Waals surface area (Å²) in [6.45, 7) is -0.486. The molecule has 1 fully saturated rings. The van der Waals surface area contributed by atoms with Gasteiger partial charge in [0.25, 0.3) is 11.1 Å². The molecule has 184 valence electrons. The van der Waals surface area contributed by atoms with Gasteiger partial charge in [0.1, 0.15) is 19.0 Å². The first-order valence-corrected chi connectivity index (χ1v) is 12.7. The first kappa shape index (κ1) is 26.2. The van der Waals surface area contributed by atoms with Crippen LogP contribution in [0.4, 0.5) is 14.9 Å². The third-order valence-electron chi connectivity index (χ3n) is 4.97. The summed E-state index contributed by atoms with van der Waals surface area (Å²) in [7, 11) is 0. The number of carbonyl (C=O) groups is 3. The first-order valence-electron chi connectivity index (χ1n) is 10.4. The lowest BCUT2D eigenvalue weighted by Gasteiger charge is -2.13. The van der Waals surface area contributed by atoms with Gasteiger partial charge < -0.3 is 10.1 Å². The van der Waals surface area contributed by atoms with Crippen molar-refractivity contribution in [1.29, 1.82) is 0 Å². The summed E-state index contributed by atoms with van der Waals surface area (Å²) in [4.78, 5) is 38.6. The van der Waals surface area contributed by atoms with E-state index in [4.69, 9.17) is 27.9 Å². The van der Waals surface area contributed by atoms with Crippen LogP contribution in [0.3, 0.4) is 0 Å². The number of halogens is 4. The molecule has 1 heterocycles. The summed E-state index contributed by atoms with van der Waals surface area (Å²) in [5.41, 5.74) is 1.27. The monoisotopic (exact) mass is 608 g/mol. The molecule has 0 aliphatic carbocycles. The molecule has 1 saturated heterocycles. The lowest BCUT2D eigenvalue weighted by Crippen LogP contribution is -2.36. The average Bonchev–Trinajstić information content (AvgIpc) is 3.08. The number of para-hydroxylation sites is 1. The summed E-state index contributed by atoms with van der Waals surface area (Å²) in [5.74, 6) is -1.25. The van der Waals surface area contributed by atoms with Crippen LogP contribution < -0.4 is 10.1 Å². The third-order valence-corrected chi connectivity index (χ3v) is 7.08. The van der Waals surface area contributed by atoms with Crippen molar-refractivity contribution in [3.8, 4) is 5.75 Å². The highest BCUT2D eigenvalue weighted by Crippen LogP contribution is 2.38. The summed E-state index contributed by atoms with van der Waals surface area (Å²) in [5, 5.41) is 2.57. The fraction of sp³-hybridized carbons (Fsp3) is 0.0800. The van der Waals surface area contributed by atoms with E-state index in [0.717, 1.165) is 4.90 Å². The molecule has 1 aliphatic heterocycles. The van der Waals surface area contributed by atoms with Crippen LogP contribution in [0, 0.1) is 5.82 Å². The molecule has 0 atom stereocenters. The molecule has 3 amide bonds. The topological polar surface area (TPSA) is 75.7 Å². The van der Waals surface area contributed by atoms with E-state index in [9.17, 15) is 18.8 Å². The molecule has 0 spiro atoms. The van der Waals surface area contributed by atoms with Gasteiger partial charge in [-0.1, -0.05) is 53.5 Å². The molecule has 1 N–H and O–H groups in total. The number of nitrogens with zero attached hydrogens (tertiary/aromatic N) is 1. The fourth-order valence-electron chi connectivity index (χ4n) is 3.25. The van der Waals surface area contributed by atoms with E-state index in [1.807, 2.05) is 0 Å². The van der Waals surface area contributed by atoms with Gasteiger partial charge in [0.2, 0.25) is 5.91 Å². The summed E-state index contributed by atoms with van der Waals surface area (Å²) in [6, 6.07) is 16.1. The highest BCUT2D eigenvalue weighted by Gasteiger charge is 2.36. The number of amides is 3. The van der Waals surface area contributed by atoms with E-state index >= 15 is 0 Å². The number of hydrogen-bond donors (Lipinski definition) is 1. The van der Waals surface area contributed by atoms with Gasteiger partial charge in [-0.05, 0) is 69.7 Å². The Labute approximate surface area is 228 Å². The maximum atomic E-state index is 13.9. The van der Waals surface area contributed by atoms with Crippen LogP contribution in [0.15, 0.2) is 70.0 Å². The zero-order valence-electron chi connectivity index (χ0n) is 18.3. The summed E-state index contributed by atoms with van der Waals surface area (Å²) in [6.07, 6.45) is 1.49. The summed E-state index contributed by atoms with van der Waals surface area (Å²) < 4.78 is 20.0. The number of rotatable bonds is 7. The van der Waals surface area contributed by atoms with Crippen LogP contribution in [0.25, 0.3) is 6.08 Å². The number of thioether (sulfide) groups is 1. The Kier molecular flexibility index (Phi) is 8.35. The molecule has 0 saturated carbocycles.